The summed E-state index contributed by atoms with van der Waals surface area (Å²) >= 11 is 0. The van der Waals surface area contributed by atoms with Gasteiger partial charge in [-0.2, -0.15) is 0 Å². The molecule has 7 nitrogen and oxygen atoms in total. The maximum Gasteiger partial charge on any atom is 0.310 e. The summed E-state index contributed by atoms with van der Waals surface area (Å²) in [6, 6.07) is -1.23. The molecule has 1 aliphatic heterocycles. The molecule has 2 aliphatic rings. The van der Waals surface area contributed by atoms with Gasteiger partial charge in [0.15, 0.2) is 0 Å². The van der Waals surface area contributed by atoms with Gasteiger partial charge in [0.25, 0.3) is 0 Å². The van der Waals surface area contributed by atoms with Crippen LogP contribution in [-0.4, -0.2) is 58.6 Å². The van der Waals surface area contributed by atoms with E-state index in [1.54, 1.807) is 6.92 Å². The molecule has 1 heterocycles. The second-order valence-electron chi connectivity index (χ2n) is 8.80. The molecule has 6 atom stereocenters. The highest BCUT2D eigenvalue weighted by Crippen LogP contribution is 2.45. The molecule has 1 fully saturated rings. The molecule has 2 N–H and O–H groups in total. The number of esters is 1. The molecule has 0 aromatic heterocycles. The average Bonchev–Trinajstić information content (AvgIpc) is 2.88. The Morgan fingerprint density at radius 2 is 1.93 bits per heavy atom. The molecule has 0 radical (unpaired) electrons. The zero-order valence-corrected chi connectivity index (χ0v) is 17.8. The van der Waals surface area contributed by atoms with Crippen molar-refractivity contribution in [2.75, 3.05) is 13.2 Å². The highest BCUT2D eigenvalue weighted by molar-refractivity contribution is 5.96. The molecule has 28 heavy (non-hydrogen) atoms. The summed E-state index contributed by atoms with van der Waals surface area (Å²) in [6.45, 7) is 11.1. The first-order valence-electron chi connectivity index (χ1n) is 10.2. The number of rotatable bonds is 6. The summed E-state index contributed by atoms with van der Waals surface area (Å²) in [6.07, 6.45) is 4.31. The van der Waals surface area contributed by atoms with Gasteiger partial charge in [0.05, 0.1) is 31.1 Å². The molecule has 158 valence electrons. The lowest BCUT2D eigenvalue weighted by Gasteiger charge is -2.34. The number of hydrogen-bond donors (Lipinski definition) is 2. The van der Waals surface area contributed by atoms with Crippen molar-refractivity contribution in [1.82, 2.24) is 10.2 Å². The van der Waals surface area contributed by atoms with Crippen LogP contribution in [0.5, 0.6) is 0 Å². The first-order valence-corrected chi connectivity index (χ1v) is 10.2. The first kappa shape index (κ1) is 22.4. The van der Waals surface area contributed by atoms with E-state index in [1.807, 2.05) is 46.8 Å². The van der Waals surface area contributed by atoms with Gasteiger partial charge in [0, 0.05) is 11.5 Å². The Bertz CT molecular complexity index is 635. The number of ether oxygens (including phenoxy) is 1. The van der Waals surface area contributed by atoms with Crippen LogP contribution in [0.4, 0.5) is 0 Å². The molecule has 0 spiro atoms. The monoisotopic (exact) mass is 394 g/mol. The van der Waals surface area contributed by atoms with Gasteiger partial charge in [-0.05, 0) is 40.0 Å². The minimum atomic E-state index is -0.755. The second-order valence-corrected chi connectivity index (χ2v) is 8.80. The number of amides is 2. The van der Waals surface area contributed by atoms with Gasteiger partial charge < -0.3 is 20.1 Å². The number of carbonyl (C=O) groups excluding carboxylic acids is 3. The van der Waals surface area contributed by atoms with Crippen LogP contribution in [-0.2, 0) is 19.1 Å². The van der Waals surface area contributed by atoms with E-state index < -0.39 is 41.3 Å². The van der Waals surface area contributed by atoms with Crippen LogP contribution in [0.15, 0.2) is 12.2 Å². The van der Waals surface area contributed by atoms with Gasteiger partial charge in [0.2, 0.25) is 11.8 Å². The Labute approximate surface area is 167 Å². The highest BCUT2D eigenvalue weighted by atomic mass is 16.5. The lowest BCUT2D eigenvalue weighted by atomic mass is 9.70. The van der Waals surface area contributed by atoms with Gasteiger partial charge in [-0.25, -0.2) is 0 Å². The number of aliphatic hydroxyl groups is 1. The van der Waals surface area contributed by atoms with Crippen LogP contribution in [0.1, 0.15) is 48.0 Å². The maximum absolute atomic E-state index is 13.4. The van der Waals surface area contributed by atoms with E-state index in [2.05, 4.69) is 5.32 Å². The molecular formula is C21H34N2O5. The van der Waals surface area contributed by atoms with Crippen molar-refractivity contribution in [1.29, 1.82) is 0 Å². The minimum absolute atomic E-state index is 0.162. The third kappa shape index (κ3) is 4.24. The maximum atomic E-state index is 13.4. The van der Waals surface area contributed by atoms with Gasteiger partial charge in [-0.1, -0.05) is 26.0 Å². The second kappa shape index (κ2) is 8.64. The van der Waals surface area contributed by atoms with Crippen molar-refractivity contribution >= 4 is 17.8 Å². The first-order chi connectivity index (χ1) is 13.1. The van der Waals surface area contributed by atoms with Crippen LogP contribution in [0.2, 0.25) is 0 Å². The van der Waals surface area contributed by atoms with Crippen molar-refractivity contribution in [3.63, 3.8) is 0 Å². The Morgan fingerprint density at radius 1 is 1.29 bits per heavy atom. The Balaban J connectivity index is 2.50. The molecule has 7 heteroatoms. The zero-order valence-electron chi connectivity index (χ0n) is 17.8. The van der Waals surface area contributed by atoms with Crippen LogP contribution in [0.25, 0.3) is 0 Å². The Morgan fingerprint density at radius 3 is 2.43 bits per heavy atom. The fourth-order valence-corrected chi connectivity index (χ4v) is 4.39. The van der Waals surface area contributed by atoms with Gasteiger partial charge in [0.1, 0.15) is 6.04 Å². The van der Waals surface area contributed by atoms with Crippen molar-refractivity contribution < 1.29 is 24.2 Å². The van der Waals surface area contributed by atoms with Crippen molar-refractivity contribution in [3.05, 3.63) is 12.2 Å². The summed E-state index contributed by atoms with van der Waals surface area (Å²) in [5.74, 6) is -2.80. The third-order valence-electron chi connectivity index (χ3n) is 5.61. The number of nitrogens with zero attached hydrogens (tertiary/aromatic N) is 1. The highest BCUT2D eigenvalue weighted by Gasteiger charge is 2.58. The van der Waals surface area contributed by atoms with Crippen LogP contribution in [0, 0.1) is 23.7 Å². The average molecular weight is 395 g/mol. The number of allylic oxidation sites excluding steroid dienone is 1. The van der Waals surface area contributed by atoms with Gasteiger partial charge in [-0.3, -0.25) is 14.4 Å². The summed E-state index contributed by atoms with van der Waals surface area (Å²) in [7, 11) is 0. The van der Waals surface area contributed by atoms with E-state index in [1.165, 1.54) is 4.90 Å². The predicted molar refractivity (Wildman–Crippen MR) is 105 cm³/mol. The van der Waals surface area contributed by atoms with Crippen LogP contribution >= 0.6 is 0 Å². The fraction of sp³-hybridized carbons (Fsp3) is 0.762. The topological polar surface area (TPSA) is 95.9 Å². The minimum Gasteiger partial charge on any atom is -0.466 e. The summed E-state index contributed by atoms with van der Waals surface area (Å²) in [4.78, 5) is 40.7. The normalized spacial score (nSPS) is 30.8. The number of likely N-dealkylation sites (tertiary alicyclic amines) is 1. The lowest BCUT2D eigenvalue weighted by molar-refractivity contribution is -0.155. The zero-order chi connectivity index (χ0) is 21.2. The Hall–Kier alpha value is -1.89. The molecule has 0 aromatic rings. The van der Waals surface area contributed by atoms with Crippen LogP contribution in [0.3, 0.4) is 0 Å². The third-order valence-corrected chi connectivity index (χ3v) is 5.61. The molecule has 0 bridgehead atoms. The predicted octanol–water partition coefficient (Wildman–Crippen LogP) is 1.50. The molecule has 1 saturated heterocycles. The van der Waals surface area contributed by atoms with E-state index in [0.29, 0.717) is 6.42 Å². The van der Waals surface area contributed by atoms with E-state index in [4.69, 9.17) is 4.74 Å². The standard InChI is InChI=1S/C21H34N2O5/c1-7-13(11-24)23-17(18(25)22-21(4,5)6)14-10-9-12(3)15(16(14)19(23)26)20(27)28-8-2/h9-10,12-17,24H,7-8,11H2,1-6H3,(H,22,25)/t12-,13+,14+,15-,16+,17+/m1/s1. The molecule has 2 rings (SSSR count). The fourth-order valence-electron chi connectivity index (χ4n) is 4.39. The number of fused-ring (bicyclic) bond motifs is 1. The number of aliphatic hydroxyl groups excluding tert-OH is 1. The number of nitrogens with one attached hydrogen (secondary N) is 1. The quantitative estimate of drug-likeness (QED) is 0.526. The van der Waals surface area contributed by atoms with Gasteiger partial charge >= 0.3 is 5.97 Å². The summed E-state index contributed by atoms with van der Waals surface area (Å²) < 4.78 is 5.24. The molecule has 0 saturated carbocycles. The van der Waals surface area contributed by atoms with Gasteiger partial charge in [-0.15, -0.1) is 0 Å². The van der Waals surface area contributed by atoms with Crippen molar-refractivity contribution in [2.24, 2.45) is 23.7 Å². The molecule has 1 aliphatic carbocycles. The molecule has 0 unspecified atom stereocenters. The largest absolute Gasteiger partial charge is 0.466 e. The Kier molecular flexibility index (Phi) is 6.91. The van der Waals surface area contributed by atoms with E-state index in [0.717, 1.165) is 0 Å². The number of carbonyl (C=O) groups is 3. The molecular weight excluding hydrogens is 360 g/mol. The summed E-state index contributed by atoms with van der Waals surface area (Å²) in [5.41, 5.74) is -0.461. The van der Waals surface area contributed by atoms with E-state index >= 15 is 0 Å². The van der Waals surface area contributed by atoms with E-state index in [-0.39, 0.29) is 30.9 Å². The SMILES string of the molecule is CCOC(=O)[C@H]1[C@H]2C(=O)N([C@@H](CC)CO)[C@H](C(=O)NC(C)(C)C)[C@H]2C=C[C@H]1C. The number of hydrogen-bond acceptors (Lipinski definition) is 5. The lowest BCUT2D eigenvalue weighted by Crippen LogP contribution is -2.55. The van der Waals surface area contributed by atoms with Crippen molar-refractivity contribution in [2.45, 2.75) is 65.6 Å². The van der Waals surface area contributed by atoms with E-state index in [9.17, 15) is 19.5 Å². The molecule has 0 aromatic carbocycles. The smallest absolute Gasteiger partial charge is 0.310 e. The summed E-state index contributed by atoms with van der Waals surface area (Å²) in [5, 5.41) is 12.8. The molecule has 2 amide bonds. The van der Waals surface area contributed by atoms with Crippen molar-refractivity contribution in [3.8, 4) is 0 Å². The van der Waals surface area contributed by atoms with Crippen LogP contribution < -0.4 is 5.32 Å².